The predicted octanol–water partition coefficient (Wildman–Crippen LogP) is 2.65. The minimum atomic E-state index is -0.367. The summed E-state index contributed by atoms with van der Waals surface area (Å²) in [5.74, 6) is 0. The molecule has 2 aromatic rings. The fourth-order valence-corrected chi connectivity index (χ4v) is 2.50. The summed E-state index contributed by atoms with van der Waals surface area (Å²) in [5, 5.41) is 19.1. The highest BCUT2D eigenvalue weighted by atomic mass is 16.6. The highest BCUT2D eigenvalue weighted by molar-refractivity contribution is 5.53. The first-order valence-corrected chi connectivity index (χ1v) is 7.10. The molecule has 0 spiro atoms. The third-order valence-electron chi connectivity index (χ3n) is 3.89. The second kappa shape index (κ2) is 5.29. The maximum Gasteiger partial charge on any atom is 0.294 e. The van der Waals surface area contributed by atoms with Gasteiger partial charge < -0.3 is 5.32 Å². The molecule has 1 saturated carbocycles. The van der Waals surface area contributed by atoms with Crippen molar-refractivity contribution in [3.05, 3.63) is 51.3 Å². The van der Waals surface area contributed by atoms with Gasteiger partial charge in [0.1, 0.15) is 5.69 Å². The van der Waals surface area contributed by atoms with Crippen LogP contribution in [0.2, 0.25) is 0 Å². The van der Waals surface area contributed by atoms with E-state index in [0.29, 0.717) is 11.7 Å². The lowest BCUT2D eigenvalue weighted by Gasteiger charge is -2.06. The van der Waals surface area contributed by atoms with Gasteiger partial charge in [0.05, 0.1) is 10.6 Å². The number of nitrogens with zero attached hydrogens (tertiary/aromatic N) is 3. The van der Waals surface area contributed by atoms with Crippen LogP contribution in [0, 0.1) is 24.0 Å². The molecule has 3 rings (SSSR count). The summed E-state index contributed by atoms with van der Waals surface area (Å²) in [7, 11) is 0. The van der Waals surface area contributed by atoms with Crippen LogP contribution in [0.25, 0.3) is 5.69 Å². The van der Waals surface area contributed by atoms with Crippen LogP contribution in [0.1, 0.15) is 29.8 Å². The SMILES string of the molecule is Cc1nn(-c2ccccc2[N+](=O)[O-])c(C)c1CNC1CC1. The first-order valence-electron chi connectivity index (χ1n) is 7.10. The smallest absolute Gasteiger partial charge is 0.294 e. The lowest BCUT2D eigenvalue weighted by molar-refractivity contribution is -0.384. The summed E-state index contributed by atoms with van der Waals surface area (Å²) in [6, 6.07) is 7.33. The zero-order chi connectivity index (χ0) is 15.0. The fourth-order valence-electron chi connectivity index (χ4n) is 2.50. The lowest BCUT2D eigenvalue weighted by Crippen LogP contribution is -2.16. The first-order chi connectivity index (χ1) is 10.1. The molecule has 0 saturated heterocycles. The third-order valence-corrected chi connectivity index (χ3v) is 3.89. The van der Waals surface area contributed by atoms with Crippen LogP contribution in [0.4, 0.5) is 5.69 Å². The van der Waals surface area contributed by atoms with Crippen LogP contribution >= 0.6 is 0 Å². The van der Waals surface area contributed by atoms with Crippen molar-refractivity contribution in [3.63, 3.8) is 0 Å². The molecule has 1 aromatic carbocycles. The summed E-state index contributed by atoms with van der Waals surface area (Å²) < 4.78 is 1.68. The molecule has 0 unspecified atom stereocenters. The molecule has 0 aliphatic heterocycles. The average molecular weight is 286 g/mol. The fraction of sp³-hybridized carbons (Fsp3) is 0.400. The van der Waals surface area contributed by atoms with Crippen LogP contribution < -0.4 is 5.32 Å². The number of hydrogen-bond donors (Lipinski definition) is 1. The van der Waals surface area contributed by atoms with Gasteiger partial charge in [-0.1, -0.05) is 12.1 Å². The number of aryl methyl sites for hydroxylation is 1. The maximum absolute atomic E-state index is 11.2. The molecule has 0 atom stereocenters. The van der Waals surface area contributed by atoms with Gasteiger partial charge in [-0.2, -0.15) is 5.10 Å². The van der Waals surface area contributed by atoms with Gasteiger partial charge in [-0.05, 0) is 32.8 Å². The number of benzene rings is 1. The lowest BCUT2D eigenvalue weighted by atomic mass is 10.2. The van der Waals surface area contributed by atoms with Crippen LogP contribution in [-0.4, -0.2) is 20.7 Å². The zero-order valence-corrected chi connectivity index (χ0v) is 12.2. The molecule has 110 valence electrons. The number of nitro groups is 1. The third kappa shape index (κ3) is 2.67. The Bertz CT molecular complexity index is 689. The molecule has 1 fully saturated rings. The molecule has 1 aliphatic carbocycles. The molecule has 1 N–H and O–H groups in total. The van der Waals surface area contributed by atoms with Gasteiger partial charge in [-0.3, -0.25) is 10.1 Å². The normalized spacial score (nSPS) is 14.4. The van der Waals surface area contributed by atoms with Gasteiger partial charge in [0.25, 0.3) is 5.69 Å². The Morgan fingerprint density at radius 1 is 1.38 bits per heavy atom. The number of nitrogens with one attached hydrogen (secondary N) is 1. The Kier molecular flexibility index (Phi) is 3.47. The number of nitro benzene ring substituents is 1. The van der Waals surface area contributed by atoms with E-state index in [1.807, 2.05) is 13.8 Å². The summed E-state index contributed by atoms with van der Waals surface area (Å²) in [4.78, 5) is 10.8. The predicted molar refractivity (Wildman–Crippen MR) is 79.6 cm³/mol. The van der Waals surface area contributed by atoms with Crippen LogP contribution in [0.15, 0.2) is 24.3 Å². The van der Waals surface area contributed by atoms with E-state index < -0.39 is 0 Å². The van der Waals surface area contributed by atoms with Gasteiger partial charge in [0, 0.05) is 29.9 Å². The largest absolute Gasteiger partial charge is 0.310 e. The Balaban J connectivity index is 1.99. The molecule has 1 aromatic heterocycles. The highest BCUT2D eigenvalue weighted by Crippen LogP contribution is 2.26. The molecular weight excluding hydrogens is 268 g/mol. The Morgan fingerprint density at radius 2 is 2.10 bits per heavy atom. The summed E-state index contributed by atoms with van der Waals surface area (Å²) in [6.45, 7) is 4.67. The van der Waals surface area contributed by atoms with Crippen molar-refractivity contribution in [1.29, 1.82) is 0 Å². The van der Waals surface area contributed by atoms with Crippen molar-refractivity contribution < 1.29 is 4.92 Å². The van der Waals surface area contributed by atoms with Crippen molar-refractivity contribution in [2.24, 2.45) is 0 Å². The van der Waals surface area contributed by atoms with Crippen molar-refractivity contribution in [2.75, 3.05) is 0 Å². The van der Waals surface area contributed by atoms with Crippen LogP contribution in [0.3, 0.4) is 0 Å². The molecule has 1 aliphatic rings. The summed E-state index contributed by atoms with van der Waals surface area (Å²) in [6.07, 6.45) is 2.47. The molecule has 21 heavy (non-hydrogen) atoms. The Labute approximate surface area is 122 Å². The number of rotatable bonds is 5. The summed E-state index contributed by atoms with van der Waals surface area (Å²) >= 11 is 0. The van der Waals surface area contributed by atoms with Crippen molar-refractivity contribution in [3.8, 4) is 5.69 Å². The van der Waals surface area contributed by atoms with Crippen LogP contribution in [0.5, 0.6) is 0 Å². The highest BCUT2D eigenvalue weighted by Gasteiger charge is 2.23. The van der Waals surface area contributed by atoms with E-state index in [4.69, 9.17) is 0 Å². The van der Waals surface area contributed by atoms with Gasteiger partial charge in [-0.15, -0.1) is 0 Å². The van der Waals surface area contributed by atoms with E-state index in [2.05, 4.69) is 10.4 Å². The molecule has 6 heteroatoms. The molecule has 1 heterocycles. The average Bonchev–Trinajstić information content (AvgIpc) is 3.24. The van der Waals surface area contributed by atoms with Gasteiger partial charge in [-0.25, -0.2) is 4.68 Å². The Hall–Kier alpha value is -2.21. The van der Waals surface area contributed by atoms with Crippen molar-refractivity contribution in [1.82, 2.24) is 15.1 Å². The quantitative estimate of drug-likeness (QED) is 0.677. The van der Waals surface area contributed by atoms with E-state index in [9.17, 15) is 10.1 Å². The standard InChI is InChI=1S/C15H18N4O2/c1-10-13(9-16-12-7-8-12)11(2)18(17-10)14-5-3-4-6-15(14)19(20)21/h3-6,12,16H,7-9H2,1-2H3. The zero-order valence-electron chi connectivity index (χ0n) is 12.2. The van der Waals surface area contributed by atoms with Crippen LogP contribution in [-0.2, 0) is 6.54 Å². The van der Waals surface area contributed by atoms with E-state index in [0.717, 1.165) is 23.5 Å². The second-order valence-electron chi connectivity index (χ2n) is 5.46. The monoisotopic (exact) mass is 286 g/mol. The van der Waals surface area contributed by atoms with E-state index in [1.54, 1.807) is 22.9 Å². The topological polar surface area (TPSA) is 73.0 Å². The van der Waals surface area contributed by atoms with Gasteiger partial charge in [0.15, 0.2) is 0 Å². The maximum atomic E-state index is 11.2. The first kappa shape index (κ1) is 13.8. The van der Waals surface area contributed by atoms with Gasteiger partial charge >= 0.3 is 0 Å². The minimum absolute atomic E-state index is 0.0739. The number of para-hydroxylation sites is 2. The van der Waals surface area contributed by atoms with Crippen molar-refractivity contribution >= 4 is 5.69 Å². The molecule has 0 bridgehead atoms. The van der Waals surface area contributed by atoms with Gasteiger partial charge in [0.2, 0.25) is 0 Å². The van der Waals surface area contributed by atoms with E-state index in [1.165, 1.54) is 18.9 Å². The number of hydrogen-bond acceptors (Lipinski definition) is 4. The number of aromatic nitrogens is 2. The molecule has 0 radical (unpaired) electrons. The minimum Gasteiger partial charge on any atom is -0.310 e. The molecule has 0 amide bonds. The van der Waals surface area contributed by atoms with E-state index >= 15 is 0 Å². The Morgan fingerprint density at radius 3 is 2.76 bits per heavy atom. The van der Waals surface area contributed by atoms with E-state index in [-0.39, 0.29) is 10.6 Å². The molecule has 6 nitrogen and oxygen atoms in total. The molecular formula is C15H18N4O2. The summed E-state index contributed by atoms with van der Waals surface area (Å²) in [5.41, 5.74) is 3.58. The van der Waals surface area contributed by atoms with Crippen molar-refractivity contribution in [2.45, 2.75) is 39.3 Å². The second-order valence-corrected chi connectivity index (χ2v) is 5.46.